The number of aromatic amines is 1. The van der Waals surface area contributed by atoms with Crippen molar-refractivity contribution < 1.29 is 9.53 Å². The Kier molecular flexibility index (Phi) is 3.61. The van der Waals surface area contributed by atoms with Gasteiger partial charge in [-0.1, -0.05) is 12.1 Å². The number of ketones is 1. The SMILES string of the molecule is COc1ccccc1C(=O)Cn1[nH]c(=O)ccc1=O. The summed E-state index contributed by atoms with van der Waals surface area (Å²) in [5.74, 6) is 0.111. The standard InChI is InChI=1S/C13H12N2O4/c1-19-11-5-3-2-4-9(11)10(16)8-15-13(18)7-6-12(17)14-15/h2-7H,8H2,1H3,(H,14,17). The monoisotopic (exact) mass is 260 g/mol. The van der Waals surface area contributed by atoms with Gasteiger partial charge in [0, 0.05) is 12.1 Å². The molecular formula is C13H12N2O4. The third kappa shape index (κ3) is 2.79. The number of benzene rings is 1. The summed E-state index contributed by atoms with van der Waals surface area (Å²) in [6.45, 7) is -0.241. The Labute approximate surface area is 108 Å². The molecule has 0 aliphatic carbocycles. The zero-order chi connectivity index (χ0) is 13.8. The number of methoxy groups -OCH3 is 1. The maximum Gasteiger partial charge on any atom is 0.265 e. The van der Waals surface area contributed by atoms with E-state index in [1.807, 2.05) is 0 Å². The second-order valence-electron chi connectivity index (χ2n) is 3.86. The number of aromatic nitrogens is 2. The van der Waals surface area contributed by atoms with E-state index in [0.29, 0.717) is 11.3 Å². The summed E-state index contributed by atoms with van der Waals surface area (Å²) in [6.07, 6.45) is 0. The molecule has 19 heavy (non-hydrogen) atoms. The first-order chi connectivity index (χ1) is 9.11. The fourth-order valence-corrected chi connectivity index (χ4v) is 1.68. The highest BCUT2D eigenvalue weighted by Crippen LogP contribution is 2.17. The van der Waals surface area contributed by atoms with E-state index >= 15 is 0 Å². The van der Waals surface area contributed by atoms with Crippen molar-refractivity contribution >= 4 is 5.78 Å². The molecule has 98 valence electrons. The van der Waals surface area contributed by atoms with Crippen molar-refractivity contribution in [3.05, 3.63) is 62.7 Å². The van der Waals surface area contributed by atoms with Crippen LogP contribution in [0.3, 0.4) is 0 Å². The maximum absolute atomic E-state index is 12.1. The van der Waals surface area contributed by atoms with Crippen molar-refractivity contribution in [2.24, 2.45) is 0 Å². The number of rotatable bonds is 4. The molecule has 2 rings (SSSR count). The Bertz CT molecular complexity index is 715. The van der Waals surface area contributed by atoms with Crippen molar-refractivity contribution in [1.29, 1.82) is 0 Å². The van der Waals surface area contributed by atoms with Gasteiger partial charge in [-0.3, -0.25) is 19.5 Å². The number of carbonyl (C=O) groups excluding carboxylic acids is 1. The van der Waals surface area contributed by atoms with Gasteiger partial charge >= 0.3 is 0 Å². The fourth-order valence-electron chi connectivity index (χ4n) is 1.68. The van der Waals surface area contributed by atoms with Gasteiger partial charge in [-0.15, -0.1) is 0 Å². The number of Topliss-reactive ketones (excluding diaryl/α,β-unsaturated/α-hetero) is 1. The second-order valence-corrected chi connectivity index (χ2v) is 3.86. The molecule has 0 saturated carbocycles. The van der Waals surface area contributed by atoms with E-state index in [-0.39, 0.29) is 12.3 Å². The molecule has 1 aromatic heterocycles. The first-order valence-corrected chi connectivity index (χ1v) is 5.58. The number of hydrogen-bond donors (Lipinski definition) is 1. The van der Waals surface area contributed by atoms with Crippen molar-refractivity contribution in [3.8, 4) is 5.75 Å². The molecule has 6 nitrogen and oxygen atoms in total. The minimum absolute atomic E-state index is 0.241. The van der Waals surface area contributed by atoms with Crippen LogP contribution < -0.4 is 15.9 Å². The molecule has 0 aliphatic heterocycles. The number of nitrogens with zero attached hydrogens (tertiary/aromatic N) is 1. The maximum atomic E-state index is 12.1. The molecule has 2 aromatic rings. The van der Waals surface area contributed by atoms with Crippen molar-refractivity contribution in [2.45, 2.75) is 6.54 Å². The molecule has 0 fully saturated rings. The van der Waals surface area contributed by atoms with Crippen LogP contribution in [0.15, 0.2) is 46.0 Å². The lowest BCUT2D eigenvalue weighted by atomic mass is 10.1. The molecular weight excluding hydrogens is 248 g/mol. The summed E-state index contributed by atoms with van der Waals surface area (Å²) in [5, 5.41) is 2.30. The Hall–Kier alpha value is -2.63. The fraction of sp³-hybridized carbons (Fsp3) is 0.154. The van der Waals surface area contributed by atoms with Gasteiger partial charge in [0.25, 0.3) is 11.1 Å². The summed E-state index contributed by atoms with van der Waals surface area (Å²) in [6, 6.07) is 8.94. The molecule has 0 bridgehead atoms. The van der Waals surface area contributed by atoms with Crippen LogP contribution >= 0.6 is 0 Å². The van der Waals surface area contributed by atoms with E-state index in [1.165, 1.54) is 7.11 Å². The van der Waals surface area contributed by atoms with Gasteiger partial charge in [-0.2, -0.15) is 0 Å². The van der Waals surface area contributed by atoms with E-state index in [2.05, 4.69) is 5.10 Å². The van der Waals surface area contributed by atoms with Crippen LogP contribution in [-0.4, -0.2) is 22.7 Å². The zero-order valence-electron chi connectivity index (χ0n) is 10.3. The lowest BCUT2D eigenvalue weighted by Gasteiger charge is -2.08. The minimum atomic E-state index is -0.442. The molecule has 1 aromatic carbocycles. The van der Waals surface area contributed by atoms with E-state index in [9.17, 15) is 14.4 Å². The molecule has 0 unspecified atom stereocenters. The van der Waals surface area contributed by atoms with Crippen molar-refractivity contribution in [1.82, 2.24) is 9.78 Å². The van der Waals surface area contributed by atoms with Crippen LogP contribution in [0.25, 0.3) is 0 Å². The summed E-state index contributed by atoms with van der Waals surface area (Å²) in [4.78, 5) is 34.7. The predicted octanol–water partition coefficient (Wildman–Crippen LogP) is 0.428. The molecule has 0 radical (unpaired) electrons. The van der Waals surface area contributed by atoms with Crippen LogP contribution in [0, 0.1) is 0 Å². The van der Waals surface area contributed by atoms with Crippen LogP contribution in [-0.2, 0) is 6.54 Å². The van der Waals surface area contributed by atoms with E-state index in [1.54, 1.807) is 24.3 Å². The molecule has 6 heteroatoms. The third-order valence-corrected chi connectivity index (χ3v) is 2.60. The van der Waals surface area contributed by atoms with Gasteiger partial charge in [0.2, 0.25) is 0 Å². The van der Waals surface area contributed by atoms with Crippen LogP contribution in [0.5, 0.6) is 5.75 Å². The zero-order valence-corrected chi connectivity index (χ0v) is 10.3. The molecule has 0 aliphatic rings. The topological polar surface area (TPSA) is 81.2 Å². The quantitative estimate of drug-likeness (QED) is 0.808. The molecule has 0 spiro atoms. The predicted molar refractivity (Wildman–Crippen MR) is 68.6 cm³/mol. The number of carbonyl (C=O) groups is 1. The van der Waals surface area contributed by atoms with Gasteiger partial charge in [0.05, 0.1) is 12.7 Å². The number of hydrogen-bond acceptors (Lipinski definition) is 4. The first kappa shape index (κ1) is 12.8. The molecule has 1 N–H and O–H groups in total. The van der Waals surface area contributed by atoms with Crippen LogP contribution in [0.1, 0.15) is 10.4 Å². The van der Waals surface area contributed by atoms with Crippen molar-refractivity contribution in [3.63, 3.8) is 0 Å². The number of nitrogens with one attached hydrogen (secondary N) is 1. The number of H-pyrrole nitrogens is 1. The van der Waals surface area contributed by atoms with Crippen LogP contribution in [0.4, 0.5) is 0 Å². The Balaban J connectivity index is 2.33. The summed E-state index contributed by atoms with van der Waals surface area (Å²) >= 11 is 0. The summed E-state index contributed by atoms with van der Waals surface area (Å²) < 4.78 is 6.05. The number of ether oxygens (including phenoxy) is 1. The summed E-state index contributed by atoms with van der Waals surface area (Å²) in [7, 11) is 1.46. The lowest BCUT2D eigenvalue weighted by molar-refractivity contribution is 0.0962. The largest absolute Gasteiger partial charge is 0.496 e. The number of para-hydroxylation sites is 1. The first-order valence-electron chi connectivity index (χ1n) is 5.58. The smallest absolute Gasteiger partial charge is 0.265 e. The average Bonchev–Trinajstić information content (AvgIpc) is 2.42. The summed E-state index contributed by atoms with van der Waals surface area (Å²) in [5.41, 5.74) is -0.517. The molecule has 0 atom stereocenters. The Morgan fingerprint density at radius 3 is 2.68 bits per heavy atom. The average molecular weight is 260 g/mol. The molecule has 0 amide bonds. The van der Waals surface area contributed by atoms with Gasteiger partial charge in [0.15, 0.2) is 5.78 Å². The lowest BCUT2D eigenvalue weighted by Crippen LogP contribution is -2.30. The van der Waals surface area contributed by atoms with E-state index < -0.39 is 11.1 Å². The minimum Gasteiger partial charge on any atom is -0.496 e. The normalized spacial score (nSPS) is 10.2. The van der Waals surface area contributed by atoms with Crippen LogP contribution in [0.2, 0.25) is 0 Å². The molecule has 0 saturated heterocycles. The molecule has 1 heterocycles. The Morgan fingerprint density at radius 2 is 1.95 bits per heavy atom. The highest BCUT2D eigenvalue weighted by atomic mass is 16.5. The Morgan fingerprint density at radius 1 is 1.21 bits per heavy atom. The van der Waals surface area contributed by atoms with Crippen molar-refractivity contribution in [2.75, 3.05) is 7.11 Å². The second kappa shape index (κ2) is 5.34. The van der Waals surface area contributed by atoms with Gasteiger partial charge < -0.3 is 4.74 Å². The van der Waals surface area contributed by atoms with Gasteiger partial charge in [0.1, 0.15) is 12.3 Å². The van der Waals surface area contributed by atoms with E-state index in [4.69, 9.17) is 4.74 Å². The van der Waals surface area contributed by atoms with Gasteiger partial charge in [-0.25, -0.2) is 4.68 Å². The van der Waals surface area contributed by atoms with E-state index in [0.717, 1.165) is 16.8 Å². The highest BCUT2D eigenvalue weighted by molar-refractivity contribution is 5.98. The third-order valence-electron chi connectivity index (χ3n) is 2.60. The highest BCUT2D eigenvalue weighted by Gasteiger charge is 2.12. The van der Waals surface area contributed by atoms with Gasteiger partial charge in [-0.05, 0) is 12.1 Å².